The summed E-state index contributed by atoms with van der Waals surface area (Å²) >= 11 is 1.83. The average molecular weight is 330 g/mol. The molecule has 0 bridgehead atoms. The fraction of sp³-hybridized carbons (Fsp3) is 0.526. The molecular formula is C19H27N3S. The van der Waals surface area contributed by atoms with Crippen molar-refractivity contribution < 1.29 is 0 Å². The van der Waals surface area contributed by atoms with E-state index in [4.69, 9.17) is 10.7 Å². The maximum atomic E-state index is 6.19. The number of aryl methyl sites for hydroxylation is 2. The van der Waals surface area contributed by atoms with Crippen molar-refractivity contribution in [2.75, 3.05) is 13.1 Å². The van der Waals surface area contributed by atoms with Crippen molar-refractivity contribution in [2.45, 2.75) is 51.6 Å². The smallest absolute Gasteiger partial charge is 0.0990 e. The highest BCUT2D eigenvalue weighted by molar-refractivity contribution is 7.11. The third-order valence-corrected chi connectivity index (χ3v) is 6.18. The Labute approximate surface area is 143 Å². The van der Waals surface area contributed by atoms with Gasteiger partial charge < -0.3 is 5.73 Å². The highest BCUT2D eigenvalue weighted by atomic mass is 32.1. The summed E-state index contributed by atoms with van der Waals surface area (Å²) in [6.45, 7) is 7.13. The van der Waals surface area contributed by atoms with E-state index in [1.165, 1.54) is 41.3 Å². The highest BCUT2D eigenvalue weighted by Crippen LogP contribution is 2.33. The maximum Gasteiger partial charge on any atom is 0.0990 e. The maximum absolute atomic E-state index is 6.19. The van der Waals surface area contributed by atoms with E-state index in [1.807, 2.05) is 11.3 Å². The van der Waals surface area contributed by atoms with Gasteiger partial charge >= 0.3 is 0 Å². The van der Waals surface area contributed by atoms with Gasteiger partial charge in [0.15, 0.2) is 0 Å². The van der Waals surface area contributed by atoms with E-state index < -0.39 is 0 Å². The van der Waals surface area contributed by atoms with E-state index in [0.29, 0.717) is 18.5 Å². The van der Waals surface area contributed by atoms with Gasteiger partial charge in [-0.15, -0.1) is 11.3 Å². The normalized spacial score (nSPS) is 20.6. The summed E-state index contributed by atoms with van der Waals surface area (Å²) in [4.78, 5) is 8.76. The van der Waals surface area contributed by atoms with E-state index in [9.17, 15) is 0 Å². The number of rotatable bonds is 5. The SMILES string of the molecule is Cc1nc(C(CN)C2CCCCN2Cc2ccccc2)sc1C. The third kappa shape index (κ3) is 3.82. The minimum absolute atomic E-state index is 0.358. The van der Waals surface area contributed by atoms with Gasteiger partial charge in [0.1, 0.15) is 0 Å². The van der Waals surface area contributed by atoms with Crippen molar-refractivity contribution in [3.8, 4) is 0 Å². The topological polar surface area (TPSA) is 42.1 Å². The number of nitrogens with two attached hydrogens (primary N) is 1. The van der Waals surface area contributed by atoms with E-state index >= 15 is 0 Å². The number of aromatic nitrogens is 1. The number of hydrogen-bond acceptors (Lipinski definition) is 4. The fourth-order valence-corrected chi connectivity index (χ4v) is 4.66. The summed E-state index contributed by atoms with van der Waals surface area (Å²) in [5.41, 5.74) is 8.74. The predicted molar refractivity (Wildman–Crippen MR) is 97.9 cm³/mol. The summed E-state index contributed by atoms with van der Waals surface area (Å²) in [6, 6.07) is 11.3. The van der Waals surface area contributed by atoms with Gasteiger partial charge in [-0.25, -0.2) is 4.98 Å². The lowest BCUT2D eigenvalue weighted by atomic mass is 9.90. The molecule has 0 amide bonds. The van der Waals surface area contributed by atoms with Crippen LogP contribution in [0.2, 0.25) is 0 Å². The number of piperidine rings is 1. The molecule has 4 heteroatoms. The molecule has 3 nitrogen and oxygen atoms in total. The molecular weight excluding hydrogens is 302 g/mol. The largest absolute Gasteiger partial charge is 0.330 e. The van der Waals surface area contributed by atoms with Gasteiger partial charge in [-0.3, -0.25) is 4.90 Å². The van der Waals surface area contributed by atoms with Crippen LogP contribution in [0.15, 0.2) is 30.3 Å². The minimum atomic E-state index is 0.358. The van der Waals surface area contributed by atoms with Crippen LogP contribution in [0.5, 0.6) is 0 Å². The van der Waals surface area contributed by atoms with Crippen molar-refractivity contribution in [1.29, 1.82) is 0 Å². The minimum Gasteiger partial charge on any atom is -0.330 e. The summed E-state index contributed by atoms with van der Waals surface area (Å²) in [5, 5.41) is 1.23. The second kappa shape index (κ2) is 7.56. The Hall–Kier alpha value is -1.23. The molecule has 1 aromatic carbocycles. The van der Waals surface area contributed by atoms with Crippen LogP contribution >= 0.6 is 11.3 Å². The Morgan fingerprint density at radius 3 is 2.70 bits per heavy atom. The molecule has 0 radical (unpaired) electrons. The first-order chi connectivity index (χ1) is 11.2. The van der Waals surface area contributed by atoms with Crippen molar-refractivity contribution in [1.82, 2.24) is 9.88 Å². The van der Waals surface area contributed by atoms with Crippen LogP contribution in [0.4, 0.5) is 0 Å². The van der Waals surface area contributed by atoms with Gasteiger partial charge in [0.05, 0.1) is 10.7 Å². The fourth-order valence-electron chi connectivity index (χ4n) is 3.57. The number of likely N-dealkylation sites (tertiary alicyclic amines) is 1. The van der Waals surface area contributed by atoms with Crippen LogP contribution in [0.1, 0.15) is 46.3 Å². The van der Waals surface area contributed by atoms with Crippen LogP contribution in [-0.4, -0.2) is 29.0 Å². The molecule has 2 unspecified atom stereocenters. The van der Waals surface area contributed by atoms with E-state index in [0.717, 1.165) is 12.2 Å². The van der Waals surface area contributed by atoms with Gasteiger partial charge in [0.25, 0.3) is 0 Å². The van der Waals surface area contributed by atoms with Crippen LogP contribution < -0.4 is 5.73 Å². The zero-order chi connectivity index (χ0) is 16.2. The first-order valence-corrected chi connectivity index (χ1v) is 9.42. The highest BCUT2D eigenvalue weighted by Gasteiger charge is 2.32. The van der Waals surface area contributed by atoms with Crippen LogP contribution in [0.25, 0.3) is 0 Å². The van der Waals surface area contributed by atoms with Gasteiger partial charge in [0.2, 0.25) is 0 Å². The molecule has 0 aliphatic carbocycles. The Morgan fingerprint density at radius 1 is 1.26 bits per heavy atom. The number of hydrogen-bond donors (Lipinski definition) is 1. The molecule has 1 aliphatic heterocycles. The van der Waals surface area contributed by atoms with E-state index in [-0.39, 0.29) is 0 Å². The quantitative estimate of drug-likeness (QED) is 0.906. The monoisotopic (exact) mass is 329 g/mol. The Balaban J connectivity index is 1.81. The first kappa shape index (κ1) is 16.6. The molecule has 1 fully saturated rings. The molecule has 0 spiro atoms. The second-order valence-electron chi connectivity index (χ2n) is 6.56. The summed E-state index contributed by atoms with van der Waals surface area (Å²) < 4.78 is 0. The van der Waals surface area contributed by atoms with Crippen LogP contribution in [0, 0.1) is 13.8 Å². The zero-order valence-electron chi connectivity index (χ0n) is 14.2. The zero-order valence-corrected chi connectivity index (χ0v) is 15.0. The molecule has 2 heterocycles. The lowest BCUT2D eigenvalue weighted by Gasteiger charge is -2.39. The predicted octanol–water partition coefficient (Wildman–Crippen LogP) is 3.86. The standard InChI is InChI=1S/C19H27N3S/c1-14-15(2)23-19(21-14)17(12-20)18-10-6-7-11-22(18)13-16-8-4-3-5-9-16/h3-5,8-9,17-18H,6-7,10-13,20H2,1-2H3. The molecule has 1 aliphatic rings. The molecule has 1 saturated heterocycles. The molecule has 2 N–H and O–H groups in total. The summed E-state index contributed by atoms with van der Waals surface area (Å²) in [6.07, 6.45) is 3.82. The lowest BCUT2D eigenvalue weighted by Crippen LogP contribution is -2.44. The van der Waals surface area contributed by atoms with Crippen LogP contribution in [0.3, 0.4) is 0 Å². The average Bonchev–Trinajstić information content (AvgIpc) is 2.90. The molecule has 124 valence electrons. The van der Waals surface area contributed by atoms with Crippen molar-refractivity contribution in [3.63, 3.8) is 0 Å². The molecule has 3 rings (SSSR count). The van der Waals surface area contributed by atoms with E-state index in [1.54, 1.807) is 0 Å². The first-order valence-electron chi connectivity index (χ1n) is 8.61. The van der Waals surface area contributed by atoms with Gasteiger partial charge in [-0.2, -0.15) is 0 Å². The van der Waals surface area contributed by atoms with Crippen LogP contribution in [-0.2, 0) is 6.54 Å². The van der Waals surface area contributed by atoms with E-state index in [2.05, 4.69) is 49.1 Å². The van der Waals surface area contributed by atoms with Crippen molar-refractivity contribution >= 4 is 11.3 Å². The summed E-state index contributed by atoms with van der Waals surface area (Å²) in [7, 11) is 0. The Kier molecular flexibility index (Phi) is 5.46. The number of thiazole rings is 1. The Bertz CT molecular complexity index is 603. The van der Waals surface area contributed by atoms with Gasteiger partial charge in [-0.05, 0) is 38.8 Å². The second-order valence-corrected chi connectivity index (χ2v) is 7.79. The molecule has 23 heavy (non-hydrogen) atoms. The molecule has 2 atom stereocenters. The van der Waals surface area contributed by atoms with Crippen molar-refractivity contribution in [3.05, 3.63) is 51.5 Å². The Morgan fingerprint density at radius 2 is 2.04 bits per heavy atom. The molecule has 1 aromatic heterocycles. The number of nitrogens with zero attached hydrogens (tertiary/aromatic N) is 2. The molecule has 0 saturated carbocycles. The lowest BCUT2D eigenvalue weighted by molar-refractivity contribution is 0.119. The third-order valence-electron chi connectivity index (χ3n) is 4.97. The molecule has 2 aromatic rings. The van der Waals surface area contributed by atoms with Gasteiger partial charge in [-0.1, -0.05) is 36.8 Å². The summed E-state index contributed by atoms with van der Waals surface area (Å²) in [5.74, 6) is 0.358. The van der Waals surface area contributed by atoms with Crippen molar-refractivity contribution in [2.24, 2.45) is 5.73 Å². The van der Waals surface area contributed by atoms with Gasteiger partial charge in [0, 0.05) is 29.9 Å². The number of benzene rings is 1.